The van der Waals surface area contributed by atoms with Crippen molar-refractivity contribution in [2.75, 3.05) is 37.7 Å². The highest BCUT2D eigenvalue weighted by Crippen LogP contribution is 2.36. The average molecular weight is 297 g/mol. The molecule has 1 unspecified atom stereocenters. The van der Waals surface area contributed by atoms with Gasteiger partial charge in [0.15, 0.2) is 0 Å². The zero-order chi connectivity index (χ0) is 13.8. The Morgan fingerprint density at radius 3 is 2.65 bits per heavy atom. The van der Waals surface area contributed by atoms with Gasteiger partial charge in [-0.3, -0.25) is 9.69 Å². The first-order chi connectivity index (χ1) is 9.80. The normalized spacial score (nSPS) is 30.5. The van der Waals surface area contributed by atoms with Crippen molar-refractivity contribution in [1.29, 1.82) is 0 Å². The maximum absolute atomic E-state index is 12.2. The zero-order valence-corrected chi connectivity index (χ0v) is 13.1. The molecule has 2 aliphatic heterocycles. The van der Waals surface area contributed by atoms with Crippen LogP contribution in [-0.2, 0) is 4.79 Å². The first-order valence-electron chi connectivity index (χ1n) is 8.14. The number of thioether (sulfide) groups is 1. The molecule has 1 atom stereocenters. The molecule has 5 heteroatoms. The van der Waals surface area contributed by atoms with Crippen LogP contribution >= 0.6 is 11.8 Å². The summed E-state index contributed by atoms with van der Waals surface area (Å²) in [6.07, 6.45) is 7.29. The fraction of sp³-hybridized carbons (Fsp3) is 0.933. The third kappa shape index (κ3) is 3.15. The molecular formula is C15H27N3OS. The van der Waals surface area contributed by atoms with E-state index in [0.29, 0.717) is 0 Å². The Morgan fingerprint density at radius 1 is 1.25 bits per heavy atom. The highest BCUT2D eigenvalue weighted by molar-refractivity contribution is 7.99. The summed E-state index contributed by atoms with van der Waals surface area (Å²) >= 11 is 2.06. The summed E-state index contributed by atoms with van der Waals surface area (Å²) in [7, 11) is 0. The summed E-state index contributed by atoms with van der Waals surface area (Å²) in [5.74, 6) is 2.72. The van der Waals surface area contributed by atoms with Gasteiger partial charge in [0.25, 0.3) is 0 Å². The SMILES string of the molecule is O=C(NCC1(N2CCSCC2)CCCC1)C1CCCN1. The van der Waals surface area contributed by atoms with Gasteiger partial charge in [-0.25, -0.2) is 0 Å². The van der Waals surface area contributed by atoms with Crippen LogP contribution in [0.3, 0.4) is 0 Å². The second-order valence-corrected chi connectivity index (χ2v) is 7.62. The standard InChI is InChI=1S/C15H27N3OS/c19-14(13-4-3-7-16-13)17-12-15(5-1-2-6-15)18-8-10-20-11-9-18/h13,16H,1-12H2,(H,17,19). The van der Waals surface area contributed by atoms with E-state index in [1.807, 2.05) is 0 Å². The molecule has 1 aliphatic carbocycles. The highest BCUT2D eigenvalue weighted by atomic mass is 32.2. The van der Waals surface area contributed by atoms with Crippen LogP contribution < -0.4 is 10.6 Å². The van der Waals surface area contributed by atoms with Gasteiger partial charge in [0, 0.05) is 36.7 Å². The summed E-state index contributed by atoms with van der Waals surface area (Å²) in [6.45, 7) is 4.24. The van der Waals surface area contributed by atoms with Crippen molar-refractivity contribution in [3.63, 3.8) is 0 Å². The minimum atomic E-state index is 0.0605. The van der Waals surface area contributed by atoms with Crippen LogP contribution in [0.2, 0.25) is 0 Å². The molecule has 3 aliphatic rings. The third-order valence-electron chi connectivity index (χ3n) is 5.18. The molecule has 0 aromatic heterocycles. The van der Waals surface area contributed by atoms with Crippen LogP contribution in [0.4, 0.5) is 0 Å². The van der Waals surface area contributed by atoms with Crippen molar-refractivity contribution in [3.05, 3.63) is 0 Å². The van der Waals surface area contributed by atoms with Crippen molar-refractivity contribution in [3.8, 4) is 0 Å². The maximum Gasteiger partial charge on any atom is 0.237 e. The molecule has 0 aromatic carbocycles. The fourth-order valence-electron chi connectivity index (χ4n) is 3.96. The van der Waals surface area contributed by atoms with Crippen molar-refractivity contribution < 1.29 is 4.79 Å². The predicted molar refractivity (Wildman–Crippen MR) is 84.1 cm³/mol. The molecule has 3 fully saturated rings. The summed E-state index contributed by atoms with van der Waals surface area (Å²) in [6, 6.07) is 0.0605. The highest BCUT2D eigenvalue weighted by Gasteiger charge is 2.40. The monoisotopic (exact) mass is 297 g/mol. The van der Waals surface area contributed by atoms with E-state index < -0.39 is 0 Å². The van der Waals surface area contributed by atoms with Gasteiger partial charge in [0.2, 0.25) is 5.91 Å². The molecule has 1 saturated carbocycles. The zero-order valence-electron chi connectivity index (χ0n) is 12.3. The smallest absolute Gasteiger partial charge is 0.237 e. The van der Waals surface area contributed by atoms with Crippen LogP contribution in [0.1, 0.15) is 38.5 Å². The first-order valence-corrected chi connectivity index (χ1v) is 9.30. The summed E-state index contributed by atoms with van der Waals surface area (Å²) < 4.78 is 0. The molecule has 2 saturated heterocycles. The lowest BCUT2D eigenvalue weighted by Gasteiger charge is -2.43. The Balaban J connectivity index is 1.57. The molecule has 0 spiro atoms. The van der Waals surface area contributed by atoms with Gasteiger partial charge in [-0.05, 0) is 32.2 Å². The lowest BCUT2D eigenvalue weighted by atomic mass is 9.94. The van der Waals surface area contributed by atoms with Gasteiger partial charge in [-0.2, -0.15) is 11.8 Å². The summed E-state index contributed by atoms with van der Waals surface area (Å²) in [4.78, 5) is 14.9. The maximum atomic E-state index is 12.2. The molecule has 0 aromatic rings. The Kier molecular flexibility index (Phi) is 4.89. The van der Waals surface area contributed by atoms with Gasteiger partial charge in [-0.15, -0.1) is 0 Å². The number of hydrogen-bond acceptors (Lipinski definition) is 4. The van der Waals surface area contributed by atoms with Gasteiger partial charge in [0.05, 0.1) is 6.04 Å². The molecule has 0 radical (unpaired) electrons. The van der Waals surface area contributed by atoms with Gasteiger partial charge < -0.3 is 10.6 Å². The molecule has 2 heterocycles. The molecule has 114 valence electrons. The lowest BCUT2D eigenvalue weighted by molar-refractivity contribution is -0.123. The number of hydrogen-bond donors (Lipinski definition) is 2. The van der Waals surface area contributed by atoms with E-state index in [1.54, 1.807) is 0 Å². The minimum absolute atomic E-state index is 0.0605. The largest absolute Gasteiger partial charge is 0.353 e. The summed E-state index contributed by atoms with van der Waals surface area (Å²) in [5.41, 5.74) is 0.259. The van der Waals surface area contributed by atoms with E-state index in [-0.39, 0.29) is 17.5 Å². The van der Waals surface area contributed by atoms with Crippen LogP contribution in [-0.4, -0.2) is 60.1 Å². The molecule has 1 amide bonds. The van der Waals surface area contributed by atoms with E-state index in [2.05, 4.69) is 27.3 Å². The Bertz CT molecular complexity index is 332. The van der Waals surface area contributed by atoms with Gasteiger partial charge in [0.1, 0.15) is 0 Å². The van der Waals surface area contributed by atoms with E-state index in [1.165, 1.54) is 50.3 Å². The van der Waals surface area contributed by atoms with Crippen LogP contribution in [0.5, 0.6) is 0 Å². The van der Waals surface area contributed by atoms with Crippen molar-refractivity contribution in [2.45, 2.75) is 50.1 Å². The van der Waals surface area contributed by atoms with Crippen molar-refractivity contribution in [1.82, 2.24) is 15.5 Å². The molecular weight excluding hydrogens is 270 g/mol. The molecule has 4 nitrogen and oxygen atoms in total. The lowest BCUT2D eigenvalue weighted by Crippen LogP contribution is -2.57. The number of carbonyl (C=O) groups excluding carboxylic acids is 1. The third-order valence-corrected chi connectivity index (χ3v) is 6.13. The number of carbonyl (C=O) groups is 1. The second-order valence-electron chi connectivity index (χ2n) is 6.40. The van der Waals surface area contributed by atoms with Crippen LogP contribution in [0.25, 0.3) is 0 Å². The molecule has 20 heavy (non-hydrogen) atoms. The second kappa shape index (κ2) is 6.67. The summed E-state index contributed by atoms with van der Waals surface area (Å²) in [5, 5.41) is 6.55. The predicted octanol–water partition coefficient (Wildman–Crippen LogP) is 1.22. The number of nitrogens with zero attached hydrogens (tertiary/aromatic N) is 1. The molecule has 2 N–H and O–H groups in total. The number of nitrogens with one attached hydrogen (secondary N) is 2. The first kappa shape index (κ1) is 14.7. The number of amides is 1. The Labute approximate surface area is 126 Å². The molecule has 3 rings (SSSR count). The van der Waals surface area contributed by atoms with Crippen molar-refractivity contribution in [2.24, 2.45) is 0 Å². The molecule has 0 bridgehead atoms. The Morgan fingerprint density at radius 2 is 2.00 bits per heavy atom. The van der Waals surface area contributed by atoms with Crippen LogP contribution in [0, 0.1) is 0 Å². The van der Waals surface area contributed by atoms with E-state index >= 15 is 0 Å². The minimum Gasteiger partial charge on any atom is -0.353 e. The van der Waals surface area contributed by atoms with E-state index in [0.717, 1.165) is 25.9 Å². The van der Waals surface area contributed by atoms with Gasteiger partial charge >= 0.3 is 0 Å². The quantitative estimate of drug-likeness (QED) is 0.819. The fourth-order valence-corrected chi connectivity index (χ4v) is 4.86. The number of rotatable bonds is 4. The Hall–Kier alpha value is -0.260. The van der Waals surface area contributed by atoms with E-state index in [4.69, 9.17) is 0 Å². The van der Waals surface area contributed by atoms with Gasteiger partial charge in [-0.1, -0.05) is 12.8 Å². The topological polar surface area (TPSA) is 44.4 Å². The van der Waals surface area contributed by atoms with Crippen molar-refractivity contribution >= 4 is 17.7 Å². The van der Waals surface area contributed by atoms with Crippen LogP contribution in [0.15, 0.2) is 0 Å². The average Bonchev–Trinajstić information content (AvgIpc) is 3.18. The van der Waals surface area contributed by atoms with E-state index in [9.17, 15) is 4.79 Å².